The van der Waals surface area contributed by atoms with Gasteiger partial charge >= 0.3 is 0 Å². The Kier molecular flexibility index (Phi) is 6.25. The Morgan fingerprint density at radius 2 is 1.60 bits per heavy atom. The Morgan fingerprint density at radius 3 is 2.16 bits per heavy atom. The summed E-state index contributed by atoms with van der Waals surface area (Å²) in [6, 6.07) is 9.75. The number of rotatable bonds is 8. The predicted octanol–water partition coefficient (Wildman–Crippen LogP) is 2.82. The zero-order valence-electron chi connectivity index (χ0n) is 14.7. The second kappa shape index (κ2) is 8.39. The summed E-state index contributed by atoms with van der Waals surface area (Å²) in [5.41, 5.74) is 0.442. The summed E-state index contributed by atoms with van der Waals surface area (Å²) >= 11 is 0. The van der Waals surface area contributed by atoms with E-state index in [1.807, 2.05) is 21.0 Å². The molecule has 2 rings (SSSR count). The monoisotopic (exact) mass is 345 g/mol. The van der Waals surface area contributed by atoms with Crippen molar-refractivity contribution in [3.63, 3.8) is 0 Å². The minimum Gasteiger partial charge on any atom is -0.507 e. The molecule has 0 radical (unpaired) electrons. The molecule has 0 heterocycles. The smallest absolute Gasteiger partial charge is 0.203 e. The molecule has 25 heavy (non-hydrogen) atoms. The van der Waals surface area contributed by atoms with Crippen LogP contribution in [0.4, 0.5) is 0 Å². The summed E-state index contributed by atoms with van der Waals surface area (Å²) in [6.07, 6.45) is 0. The highest BCUT2D eigenvalue weighted by molar-refractivity contribution is 6.00. The lowest BCUT2D eigenvalue weighted by Crippen LogP contribution is -2.15. The van der Waals surface area contributed by atoms with E-state index in [1.54, 1.807) is 29.2 Å². The van der Waals surface area contributed by atoms with Gasteiger partial charge in [-0.1, -0.05) is 0 Å². The number of Topliss-reactive ketones (excluding diaryl/α,β-unsaturated/α-hetero) is 1. The summed E-state index contributed by atoms with van der Waals surface area (Å²) in [5.74, 6) is 0.629. The Morgan fingerprint density at radius 1 is 1.00 bits per heavy atom. The van der Waals surface area contributed by atoms with Gasteiger partial charge in [-0.05, 0) is 57.4 Å². The molecule has 0 unspecified atom stereocenters. The van der Waals surface area contributed by atoms with Crippen LogP contribution in [0.3, 0.4) is 0 Å². The van der Waals surface area contributed by atoms with Crippen molar-refractivity contribution in [3.05, 3.63) is 47.5 Å². The standard InChI is InChI=1S/C19H23NO5/c1-4-24-13-5-7-14(8-6-13)25-12-18(22)15-9-10-17(21)16(19(15)23)11-20(2)3/h5-10,21,23H,4,11-12H2,1-3H3. The molecule has 0 saturated carbocycles. The third-order valence-electron chi connectivity index (χ3n) is 3.54. The van der Waals surface area contributed by atoms with E-state index in [0.717, 1.165) is 5.75 Å². The molecule has 0 spiro atoms. The summed E-state index contributed by atoms with van der Waals surface area (Å²) in [4.78, 5) is 14.1. The number of nitrogens with zero attached hydrogens (tertiary/aromatic N) is 1. The fraction of sp³-hybridized carbons (Fsp3) is 0.316. The molecule has 0 saturated heterocycles. The van der Waals surface area contributed by atoms with Crippen LogP contribution < -0.4 is 9.47 Å². The van der Waals surface area contributed by atoms with E-state index in [4.69, 9.17) is 9.47 Å². The average molecular weight is 345 g/mol. The van der Waals surface area contributed by atoms with Crippen molar-refractivity contribution >= 4 is 5.78 Å². The van der Waals surface area contributed by atoms with E-state index in [1.165, 1.54) is 12.1 Å². The molecule has 0 aliphatic heterocycles. The molecule has 0 aliphatic carbocycles. The van der Waals surface area contributed by atoms with Crippen molar-refractivity contribution in [1.29, 1.82) is 0 Å². The van der Waals surface area contributed by atoms with E-state index in [0.29, 0.717) is 24.5 Å². The Labute approximate surface area is 147 Å². The zero-order valence-corrected chi connectivity index (χ0v) is 14.7. The number of ether oxygens (including phenoxy) is 2. The van der Waals surface area contributed by atoms with Crippen LogP contribution in [0.1, 0.15) is 22.8 Å². The number of hydrogen-bond acceptors (Lipinski definition) is 6. The Hall–Kier alpha value is -2.73. The zero-order chi connectivity index (χ0) is 18.4. The highest BCUT2D eigenvalue weighted by Crippen LogP contribution is 2.31. The van der Waals surface area contributed by atoms with Gasteiger partial charge in [0.25, 0.3) is 0 Å². The van der Waals surface area contributed by atoms with Gasteiger partial charge in [0.2, 0.25) is 5.78 Å². The lowest BCUT2D eigenvalue weighted by Gasteiger charge is -2.15. The number of ketones is 1. The van der Waals surface area contributed by atoms with Crippen LogP contribution in [-0.4, -0.2) is 48.2 Å². The first kappa shape index (κ1) is 18.6. The second-order valence-electron chi connectivity index (χ2n) is 5.81. The molecule has 0 fully saturated rings. The largest absolute Gasteiger partial charge is 0.507 e. The number of hydrogen-bond donors (Lipinski definition) is 2. The SMILES string of the molecule is CCOc1ccc(OCC(=O)c2ccc(O)c(CN(C)C)c2O)cc1. The molecule has 6 heteroatoms. The van der Waals surface area contributed by atoms with E-state index >= 15 is 0 Å². The topological polar surface area (TPSA) is 79.2 Å². The van der Waals surface area contributed by atoms with Gasteiger partial charge in [-0.15, -0.1) is 0 Å². The average Bonchev–Trinajstić information content (AvgIpc) is 2.58. The van der Waals surface area contributed by atoms with Crippen molar-refractivity contribution in [2.75, 3.05) is 27.3 Å². The van der Waals surface area contributed by atoms with Gasteiger partial charge in [-0.25, -0.2) is 0 Å². The Bertz CT molecular complexity index is 725. The molecule has 2 N–H and O–H groups in total. The molecule has 0 atom stereocenters. The fourth-order valence-electron chi connectivity index (χ4n) is 2.35. The lowest BCUT2D eigenvalue weighted by molar-refractivity contribution is 0.0918. The number of benzene rings is 2. The van der Waals surface area contributed by atoms with E-state index in [2.05, 4.69) is 0 Å². The van der Waals surface area contributed by atoms with Gasteiger partial charge in [0, 0.05) is 6.54 Å². The number of carbonyl (C=O) groups is 1. The molecule has 6 nitrogen and oxygen atoms in total. The fourth-order valence-corrected chi connectivity index (χ4v) is 2.35. The molecular weight excluding hydrogens is 322 g/mol. The van der Waals surface area contributed by atoms with Crippen molar-refractivity contribution in [2.45, 2.75) is 13.5 Å². The molecule has 0 bridgehead atoms. The summed E-state index contributed by atoms with van der Waals surface area (Å²) in [7, 11) is 3.62. The third kappa shape index (κ3) is 4.87. The Balaban J connectivity index is 2.08. The van der Waals surface area contributed by atoms with Crippen molar-refractivity contribution in [3.8, 4) is 23.0 Å². The number of phenols is 2. The molecule has 2 aromatic rings. The number of aromatic hydroxyl groups is 2. The molecule has 0 aromatic heterocycles. The normalized spacial score (nSPS) is 10.7. The number of phenolic OH excluding ortho intramolecular Hbond substituents is 2. The first-order valence-electron chi connectivity index (χ1n) is 7.99. The molecule has 0 aliphatic rings. The van der Waals surface area contributed by atoms with Gasteiger partial charge < -0.3 is 24.6 Å². The van der Waals surface area contributed by atoms with Gasteiger partial charge in [0.1, 0.15) is 23.0 Å². The minimum atomic E-state index is -0.369. The summed E-state index contributed by atoms with van der Waals surface area (Å²) in [5, 5.41) is 20.2. The van der Waals surface area contributed by atoms with Crippen LogP contribution >= 0.6 is 0 Å². The van der Waals surface area contributed by atoms with Gasteiger partial charge in [-0.2, -0.15) is 0 Å². The van der Waals surface area contributed by atoms with Crippen molar-refractivity contribution in [2.24, 2.45) is 0 Å². The summed E-state index contributed by atoms with van der Waals surface area (Å²) in [6.45, 7) is 2.58. The second-order valence-corrected chi connectivity index (χ2v) is 5.81. The van der Waals surface area contributed by atoms with Crippen LogP contribution in [0.5, 0.6) is 23.0 Å². The highest BCUT2D eigenvalue weighted by atomic mass is 16.5. The molecule has 134 valence electrons. The van der Waals surface area contributed by atoms with E-state index < -0.39 is 0 Å². The molecule has 0 amide bonds. The van der Waals surface area contributed by atoms with Crippen LogP contribution in [0.2, 0.25) is 0 Å². The third-order valence-corrected chi connectivity index (χ3v) is 3.54. The number of carbonyl (C=O) groups excluding carboxylic acids is 1. The van der Waals surface area contributed by atoms with Crippen LogP contribution in [-0.2, 0) is 6.54 Å². The van der Waals surface area contributed by atoms with E-state index in [-0.39, 0.29) is 29.5 Å². The predicted molar refractivity (Wildman–Crippen MR) is 94.6 cm³/mol. The van der Waals surface area contributed by atoms with Gasteiger partial charge in [-0.3, -0.25) is 4.79 Å². The maximum absolute atomic E-state index is 12.4. The van der Waals surface area contributed by atoms with Crippen molar-refractivity contribution < 1.29 is 24.5 Å². The first-order chi connectivity index (χ1) is 11.9. The van der Waals surface area contributed by atoms with Crippen molar-refractivity contribution in [1.82, 2.24) is 4.90 Å². The quantitative estimate of drug-likeness (QED) is 0.716. The minimum absolute atomic E-state index is 0.0461. The first-order valence-corrected chi connectivity index (χ1v) is 7.99. The lowest BCUT2D eigenvalue weighted by atomic mass is 10.0. The van der Waals surface area contributed by atoms with Crippen LogP contribution in [0, 0.1) is 0 Å². The van der Waals surface area contributed by atoms with E-state index in [9.17, 15) is 15.0 Å². The van der Waals surface area contributed by atoms with Gasteiger partial charge in [0.05, 0.1) is 17.7 Å². The van der Waals surface area contributed by atoms with Crippen LogP contribution in [0.25, 0.3) is 0 Å². The molecule has 2 aromatic carbocycles. The highest BCUT2D eigenvalue weighted by Gasteiger charge is 2.18. The maximum Gasteiger partial charge on any atom is 0.203 e. The maximum atomic E-state index is 12.4. The van der Waals surface area contributed by atoms with Crippen LogP contribution in [0.15, 0.2) is 36.4 Å². The summed E-state index contributed by atoms with van der Waals surface area (Å²) < 4.78 is 10.8. The molecular formula is C19H23NO5. The van der Waals surface area contributed by atoms with Gasteiger partial charge in [0.15, 0.2) is 6.61 Å².